The molecule has 5 nitrogen and oxygen atoms in total. The van der Waals surface area contributed by atoms with Gasteiger partial charge in [0.25, 0.3) is 0 Å². The third-order valence-electron chi connectivity index (χ3n) is 3.43. The summed E-state index contributed by atoms with van der Waals surface area (Å²) in [6.07, 6.45) is 5.67. The quantitative estimate of drug-likeness (QED) is 0.594. The molecule has 114 valence electrons. The van der Waals surface area contributed by atoms with Gasteiger partial charge in [0, 0.05) is 25.4 Å². The van der Waals surface area contributed by atoms with E-state index in [-0.39, 0.29) is 6.04 Å². The predicted octanol–water partition coefficient (Wildman–Crippen LogP) is 2.81. The van der Waals surface area contributed by atoms with E-state index in [2.05, 4.69) is 37.8 Å². The minimum atomic E-state index is 0.00483. The van der Waals surface area contributed by atoms with Crippen molar-refractivity contribution in [3.05, 3.63) is 46.5 Å². The van der Waals surface area contributed by atoms with Crippen LogP contribution in [0.4, 0.5) is 0 Å². The molecule has 1 aromatic carbocycles. The number of hydrazine groups is 1. The van der Waals surface area contributed by atoms with Crippen LogP contribution in [-0.4, -0.2) is 16.7 Å². The highest BCUT2D eigenvalue weighted by Gasteiger charge is 2.15. The number of rotatable bonds is 7. The Morgan fingerprint density at radius 3 is 2.90 bits per heavy atom. The van der Waals surface area contributed by atoms with Crippen LogP contribution in [0.2, 0.25) is 0 Å². The normalized spacial score (nSPS) is 12.4. The van der Waals surface area contributed by atoms with Crippen LogP contribution in [0.3, 0.4) is 0 Å². The Morgan fingerprint density at radius 2 is 2.29 bits per heavy atom. The number of hydrogen-bond donors (Lipinski definition) is 2. The molecule has 2 rings (SSSR count). The SMILES string of the molecule is CCCn1ccnc1CC(NN)c1ccc(OC)c(Br)c1. The Bertz CT molecular complexity index is 585. The van der Waals surface area contributed by atoms with Crippen molar-refractivity contribution in [2.75, 3.05) is 7.11 Å². The molecule has 0 radical (unpaired) electrons. The van der Waals surface area contributed by atoms with E-state index in [1.54, 1.807) is 7.11 Å². The number of halogens is 1. The monoisotopic (exact) mass is 352 g/mol. The number of nitrogens with zero attached hydrogens (tertiary/aromatic N) is 2. The second kappa shape index (κ2) is 7.59. The Kier molecular flexibility index (Phi) is 5.78. The topological polar surface area (TPSA) is 65.1 Å². The standard InChI is InChI=1S/C15H21BrN4O/c1-3-7-20-8-6-18-15(20)10-13(19-17)11-4-5-14(21-2)12(16)9-11/h4-6,8-9,13,19H,3,7,10,17H2,1-2H3. The summed E-state index contributed by atoms with van der Waals surface area (Å²) in [6.45, 7) is 3.13. The van der Waals surface area contributed by atoms with E-state index < -0.39 is 0 Å². The van der Waals surface area contributed by atoms with Gasteiger partial charge >= 0.3 is 0 Å². The van der Waals surface area contributed by atoms with Gasteiger partial charge in [-0.2, -0.15) is 0 Å². The molecule has 1 unspecified atom stereocenters. The lowest BCUT2D eigenvalue weighted by atomic mass is 10.0. The number of imidazole rings is 1. The molecule has 2 aromatic rings. The zero-order valence-corrected chi connectivity index (χ0v) is 13.9. The average molecular weight is 353 g/mol. The Morgan fingerprint density at radius 1 is 1.48 bits per heavy atom. The van der Waals surface area contributed by atoms with E-state index in [0.29, 0.717) is 0 Å². The van der Waals surface area contributed by atoms with Gasteiger partial charge in [0.05, 0.1) is 17.6 Å². The number of ether oxygens (including phenoxy) is 1. The Hall–Kier alpha value is -1.37. The van der Waals surface area contributed by atoms with Crippen LogP contribution in [0.25, 0.3) is 0 Å². The van der Waals surface area contributed by atoms with E-state index in [0.717, 1.165) is 41.0 Å². The van der Waals surface area contributed by atoms with Crippen molar-refractivity contribution in [2.24, 2.45) is 5.84 Å². The van der Waals surface area contributed by atoms with Crippen molar-refractivity contribution in [2.45, 2.75) is 32.4 Å². The number of methoxy groups -OCH3 is 1. The first-order valence-corrected chi connectivity index (χ1v) is 7.78. The molecule has 0 aliphatic carbocycles. The number of aryl methyl sites for hydroxylation is 1. The molecule has 3 N–H and O–H groups in total. The van der Waals surface area contributed by atoms with E-state index >= 15 is 0 Å². The molecule has 6 heteroatoms. The fraction of sp³-hybridized carbons (Fsp3) is 0.400. The van der Waals surface area contributed by atoms with E-state index in [4.69, 9.17) is 10.6 Å². The maximum absolute atomic E-state index is 5.73. The fourth-order valence-corrected chi connectivity index (χ4v) is 2.89. The Labute approximate surface area is 133 Å². The molecule has 0 saturated heterocycles. The molecule has 0 spiro atoms. The van der Waals surface area contributed by atoms with Gasteiger partial charge in [0.1, 0.15) is 11.6 Å². The number of aromatic nitrogens is 2. The first-order chi connectivity index (χ1) is 10.2. The van der Waals surface area contributed by atoms with Gasteiger partial charge in [0.2, 0.25) is 0 Å². The van der Waals surface area contributed by atoms with Gasteiger partial charge in [-0.1, -0.05) is 13.0 Å². The summed E-state index contributed by atoms with van der Waals surface area (Å²) in [6, 6.07) is 5.98. The first kappa shape index (κ1) is 16.0. The highest BCUT2D eigenvalue weighted by Crippen LogP contribution is 2.28. The van der Waals surface area contributed by atoms with Crippen LogP contribution < -0.4 is 16.0 Å². The molecule has 1 atom stereocenters. The largest absolute Gasteiger partial charge is 0.496 e. The smallest absolute Gasteiger partial charge is 0.133 e. The van der Waals surface area contributed by atoms with E-state index in [1.807, 2.05) is 30.6 Å². The van der Waals surface area contributed by atoms with Crippen LogP contribution in [0, 0.1) is 0 Å². The van der Waals surface area contributed by atoms with Crippen LogP contribution in [0.1, 0.15) is 30.8 Å². The summed E-state index contributed by atoms with van der Waals surface area (Å²) in [4.78, 5) is 4.44. The summed E-state index contributed by atoms with van der Waals surface area (Å²) in [7, 11) is 1.65. The summed E-state index contributed by atoms with van der Waals surface area (Å²) in [5.41, 5.74) is 3.97. The lowest BCUT2D eigenvalue weighted by molar-refractivity contribution is 0.411. The average Bonchev–Trinajstić information content (AvgIpc) is 2.92. The molecular weight excluding hydrogens is 332 g/mol. The maximum atomic E-state index is 5.73. The minimum absolute atomic E-state index is 0.00483. The number of benzene rings is 1. The molecule has 21 heavy (non-hydrogen) atoms. The molecule has 0 aliphatic heterocycles. The van der Waals surface area contributed by atoms with Gasteiger partial charge in [-0.3, -0.25) is 11.3 Å². The van der Waals surface area contributed by atoms with Crippen molar-refractivity contribution >= 4 is 15.9 Å². The van der Waals surface area contributed by atoms with Crippen molar-refractivity contribution in [1.82, 2.24) is 15.0 Å². The number of nitrogens with two attached hydrogens (primary N) is 1. The second-order valence-corrected chi connectivity index (χ2v) is 5.71. The van der Waals surface area contributed by atoms with Gasteiger partial charge in [-0.15, -0.1) is 0 Å². The van der Waals surface area contributed by atoms with Crippen LogP contribution in [0.15, 0.2) is 35.1 Å². The minimum Gasteiger partial charge on any atom is -0.496 e. The zero-order chi connectivity index (χ0) is 15.2. The molecule has 0 aliphatic rings. The summed E-state index contributed by atoms with van der Waals surface area (Å²) in [5, 5.41) is 0. The molecule has 0 fully saturated rings. The Balaban J connectivity index is 2.19. The van der Waals surface area contributed by atoms with Crippen molar-refractivity contribution < 1.29 is 4.74 Å². The van der Waals surface area contributed by atoms with Crippen molar-refractivity contribution in [3.8, 4) is 5.75 Å². The van der Waals surface area contributed by atoms with E-state index in [1.165, 1.54) is 0 Å². The first-order valence-electron chi connectivity index (χ1n) is 6.99. The van der Waals surface area contributed by atoms with Crippen molar-refractivity contribution in [1.29, 1.82) is 0 Å². The molecule has 1 aromatic heterocycles. The highest BCUT2D eigenvalue weighted by atomic mass is 79.9. The van der Waals surface area contributed by atoms with E-state index in [9.17, 15) is 0 Å². The summed E-state index contributed by atoms with van der Waals surface area (Å²) in [5.74, 6) is 7.57. The third kappa shape index (κ3) is 3.84. The van der Waals surface area contributed by atoms with Crippen molar-refractivity contribution in [3.63, 3.8) is 0 Å². The molecular formula is C15H21BrN4O. The number of hydrogen-bond acceptors (Lipinski definition) is 4. The lowest BCUT2D eigenvalue weighted by Gasteiger charge is -2.18. The summed E-state index contributed by atoms with van der Waals surface area (Å²) >= 11 is 3.51. The molecule has 0 saturated carbocycles. The maximum Gasteiger partial charge on any atom is 0.133 e. The van der Waals surface area contributed by atoms with Gasteiger partial charge in [-0.25, -0.2) is 4.98 Å². The molecule has 0 bridgehead atoms. The second-order valence-electron chi connectivity index (χ2n) is 4.85. The highest BCUT2D eigenvalue weighted by molar-refractivity contribution is 9.10. The predicted molar refractivity (Wildman–Crippen MR) is 87.0 cm³/mol. The van der Waals surface area contributed by atoms with Crippen LogP contribution in [-0.2, 0) is 13.0 Å². The van der Waals surface area contributed by atoms with Crippen LogP contribution in [0.5, 0.6) is 5.75 Å². The van der Waals surface area contributed by atoms with Gasteiger partial charge in [0.15, 0.2) is 0 Å². The summed E-state index contributed by atoms with van der Waals surface area (Å²) < 4.78 is 8.34. The lowest BCUT2D eigenvalue weighted by Crippen LogP contribution is -2.30. The zero-order valence-electron chi connectivity index (χ0n) is 12.3. The molecule has 1 heterocycles. The van der Waals surface area contributed by atoms with Gasteiger partial charge < -0.3 is 9.30 Å². The molecule has 0 amide bonds. The fourth-order valence-electron chi connectivity index (χ4n) is 2.33. The number of nitrogens with one attached hydrogen (secondary N) is 1. The van der Waals surface area contributed by atoms with Gasteiger partial charge in [-0.05, 0) is 40.0 Å². The van der Waals surface area contributed by atoms with Crippen LogP contribution >= 0.6 is 15.9 Å². The third-order valence-corrected chi connectivity index (χ3v) is 4.05.